The fourth-order valence-corrected chi connectivity index (χ4v) is 2.59. The van der Waals surface area contributed by atoms with Gasteiger partial charge in [0, 0.05) is 0 Å². The Labute approximate surface area is 96.6 Å². The van der Waals surface area contributed by atoms with Crippen LogP contribution < -0.4 is 0 Å². The van der Waals surface area contributed by atoms with Crippen molar-refractivity contribution in [1.82, 2.24) is 0 Å². The number of benzene rings is 1. The number of aryl methyl sites for hydroxylation is 2. The molecule has 2 heteroatoms. The molecule has 0 heterocycles. The summed E-state index contributed by atoms with van der Waals surface area (Å²) < 4.78 is 4.96. The van der Waals surface area contributed by atoms with E-state index in [1.54, 1.807) is 0 Å². The van der Waals surface area contributed by atoms with Gasteiger partial charge in [0.1, 0.15) is 0 Å². The normalized spacial score (nSPS) is 27.6. The molecule has 2 atom stereocenters. The summed E-state index contributed by atoms with van der Waals surface area (Å²) in [6.07, 6.45) is 0.907. The summed E-state index contributed by atoms with van der Waals surface area (Å²) in [5, 5.41) is 0. The Balaban J connectivity index is 2.50. The van der Waals surface area contributed by atoms with Crippen LogP contribution in [0.4, 0.5) is 0 Å². The summed E-state index contributed by atoms with van der Waals surface area (Å²) in [6, 6.07) is 6.28. The lowest BCUT2D eigenvalue weighted by Gasteiger charge is -2.17. The van der Waals surface area contributed by atoms with Crippen LogP contribution in [0.1, 0.15) is 30.0 Å². The molecule has 0 spiro atoms. The molecule has 2 unspecified atom stereocenters. The third-order valence-electron chi connectivity index (χ3n) is 3.73. The van der Waals surface area contributed by atoms with E-state index in [2.05, 4.69) is 39.0 Å². The van der Waals surface area contributed by atoms with Gasteiger partial charge >= 0.3 is 5.97 Å². The zero-order valence-electron chi connectivity index (χ0n) is 10.3. The molecule has 16 heavy (non-hydrogen) atoms. The van der Waals surface area contributed by atoms with Crippen LogP contribution in [0.2, 0.25) is 0 Å². The van der Waals surface area contributed by atoms with Gasteiger partial charge in [-0.25, -0.2) is 0 Å². The predicted octanol–water partition coefficient (Wildman–Crippen LogP) is 2.75. The minimum Gasteiger partial charge on any atom is -0.468 e. The second kappa shape index (κ2) is 3.62. The second-order valence-corrected chi connectivity index (χ2v) is 4.89. The molecule has 1 fully saturated rings. The number of ether oxygens (including phenoxy) is 1. The number of carbonyl (C=O) groups excluding carboxylic acids is 1. The maximum absolute atomic E-state index is 11.9. The minimum atomic E-state index is -0.370. The molecule has 2 rings (SSSR count). The monoisotopic (exact) mass is 218 g/mol. The molecular formula is C14H18O2. The summed E-state index contributed by atoms with van der Waals surface area (Å²) in [5.41, 5.74) is 3.15. The minimum absolute atomic E-state index is 0.0892. The smallest absolute Gasteiger partial charge is 0.316 e. The first-order valence-electron chi connectivity index (χ1n) is 5.68. The quantitative estimate of drug-likeness (QED) is 0.713. The van der Waals surface area contributed by atoms with Crippen molar-refractivity contribution >= 4 is 5.97 Å². The average Bonchev–Trinajstić information content (AvgIpc) is 2.94. The first-order valence-corrected chi connectivity index (χ1v) is 5.68. The summed E-state index contributed by atoms with van der Waals surface area (Å²) >= 11 is 0. The molecule has 0 N–H and O–H groups in total. The van der Waals surface area contributed by atoms with Crippen LogP contribution >= 0.6 is 0 Å². The van der Waals surface area contributed by atoms with Gasteiger partial charge in [-0.2, -0.15) is 0 Å². The molecule has 1 aliphatic rings. The van der Waals surface area contributed by atoms with Crippen molar-refractivity contribution in [2.75, 3.05) is 7.11 Å². The molecule has 1 aromatic carbocycles. The maximum Gasteiger partial charge on any atom is 0.316 e. The Morgan fingerprint density at radius 3 is 2.56 bits per heavy atom. The lowest BCUT2D eigenvalue weighted by atomic mass is 9.88. The Bertz CT molecular complexity index is 436. The van der Waals surface area contributed by atoms with Crippen molar-refractivity contribution in [1.29, 1.82) is 0 Å². The fraction of sp³-hybridized carbons (Fsp3) is 0.500. The molecular weight excluding hydrogens is 200 g/mol. The highest BCUT2D eigenvalue weighted by atomic mass is 16.5. The summed E-state index contributed by atoms with van der Waals surface area (Å²) in [6.45, 7) is 6.23. The fourth-order valence-electron chi connectivity index (χ4n) is 2.59. The van der Waals surface area contributed by atoms with Gasteiger partial charge in [-0.05, 0) is 37.3 Å². The Hall–Kier alpha value is -1.31. The highest BCUT2D eigenvalue weighted by molar-refractivity contribution is 5.87. The average molecular weight is 218 g/mol. The molecule has 1 saturated carbocycles. The molecule has 86 valence electrons. The third kappa shape index (κ3) is 1.44. The van der Waals surface area contributed by atoms with Crippen molar-refractivity contribution < 1.29 is 9.53 Å². The van der Waals surface area contributed by atoms with Crippen molar-refractivity contribution in [3.8, 4) is 0 Å². The number of carbonyl (C=O) groups is 1. The first kappa shape index (κ1) is 11.2. The Kier molecular flexibility index (Phi) is 2.53. The van der Waals surface area contributed by atoms with E-state index in [4.69, 9.17) is 4.74 Å². The van der Waals surface area contributed by atoms with Gasteiger partial charge in [0.05, 0.1) is 12.5 Å². The van der Waals surface area contributed by atoms with Gasteiger partial charge in [0.15, 0.2) is 0 Å². The lowest BCUT2D eigenvalue weighted by molar-refractivity contribution is -0.144. The lowest BCUT2D eigenvalue weighted by Crippen LogP contribution is -2.25. The van der Waals surface area contributed by atoms with E-state index < -0.39 is 0 Å². The molecule has 0 radical (unpaired) electrons. The largest absolute Gasteiger partial charge is 0.468 e. The molecule has 0 bridgehead atoms. The standard InChI is InChI=1S/C14H18O2/c1-9-5-6-10(2)12(7-9)14(8-11(14)3)13(15)16-4/h5-7,11H,8H2,1-4H3. The van der Waals surface area contributed by atoms with E-state index in [-0.39, 0.29) is 11.4 Å². The van der Waals surface area contributed by atoms with E-state index in [9.17, 15) is 4.79 Å². The van der Waals surface area contributed by atoms with E-state index in [1.807, 2.05) is 0 Å². The molecule has 2 nitrogen and oxygen atoms in total. The van der Waals surface area contributed by atoms with Gasteiger partial charge in [-0.3, -0.25) is 4.79 Å². The van der Waals surface area contributed by atoms with Gasteiger partial charge in [0.2, 0.25) is 0 Å². The number of hydrogen-bond donors (Lipinski definition) is 0. The van der Waals surface area contributed by atoms with Gasteiger partial charge < -0.3 is 4.74 Å². The van der Waals surface area contributed by atoms with Gasteiger partial charge in [0.25, 0.3) is 0 Å². The number of esters is 1. The van der Waals surface area contributed by atoms with Crippen molar-refractivity contribution in [2.24, 2.45) is 5.92 Å². The molecule has 0 saturated heterocycles. The van der Waals surface area contributed by atoms with Crippen LogP contribution in [0.15, 0.2) is 18.2 Å². The van der Waals surface area contributed by atoms with E-state index in [1.165, 1.54) is 18.2 Å². The van der Waals surface area contributed by atoms with Gasteiger partial charge in [-0.15, -0.1) is 0 Å². The van der Waals surface area contributed by atoms with E-state index in [0.717, 1.165) is 12.0 Å². The van der Waals surface area contributed by atoms with E-state index >= 15 is 0 Å². The number of methoxy groups -OCH3 is 1. The van der Waals surface area contributed by atoms with Crippen LogP contribution in [0, 0.1) is 19.8 Å². The Morgan fingerprint density at radius 1 is 1.44 bits per heavy atom. The van der Waals surface area contributed by atoms with Crippen molar-refractivity contribution in [3.05, 3.63) is 34.9 Å². The molecule has 1 aliphatic carbocycles. The molecule has 0 aromatic heterocycles. The van der Waals surface area contributed by atoms with Crippen LogP contribution in [0.5, 0.6) is 0 Å². The topological polar surface area (TPSA) is 26.3 Å². The highest BCUT2D eigenvalue weighted by Crippen LogP contribution is 2.55. The van der Waals surface area contributed by atoms with E-state index in [0.29, 0.717) is 5.92 Å². The Morgan fingerprint density at radius 2 is 2.06 bits per heavy atom. The molecule has 1 aromatic rings. The van der Waals surface area contributed by atoms with Crippen LogP contribution in [-0.2, 0) is 14.9 Å². The second-order valence-electron chi connectivity index (χ2n) is 4.89. The van der Waals surface area contributed by atoms with Crippen LogP contribution in [0.3, 0.4) is 0 Å². The number of rotatable bonds is 2. The highest BCUT2D eigenvalue weighted by Gasteiger charge is 2.60. The predicted molar refractivity (Wildman–Crippen MR) is 63.4 cm³/mol. The van der Waals surface area contributed by atoms with Crippen molar-refractivity contribution in [3.63, 3.8) is 0 Å². The molecule has 0 amide bonds. The third-order valence-corrected chi connectivity index (χ3v) is 3.73. The zero-order chi connectivity index (χ0) is 11.9. The zero-order valence-corrected chi connectivity index (χ0v) is 10.3. The SMILES string of the molecule is COC(=O)C1(c2cc(C)ccc2C)CC1C. The molecule has 0 aliphatic heterocycles. The summed E-state index contributed by atoms with van der Waals surface area (Å²) in [4.78, 5) is 11.9. The summed E-state index contributed by atoms with van der Waals surface area (Å²) in [7, 11) is 1.47. The van der Waals surface area contributed by atoms with Crippen LogP contribution in [0.25, 0.3) is 0 Å². The number of hydrogen-bond acceptors (Lipinski definition) is 2. The maximum atomic E-state index is 11.9. The van der Waals surface area contributed by atoms with Crippen molar-refractivity contribution in [2.45, 2.75) is 32.6 Å². The van der Waals surface area contributed by atoms with Gasteiger partial charge in [-0.1, -0.05) is 30.7 Å². The first-order chi connectivity index (χ1) is 7.52. The summed E-state index contributed by atoms with van der Waals surface area (Å²) in [5.74, 6) is 0.300. The van der Waals surface area contributed by atoms with Crippen LogP contribution in [-0.4, -0.2) is 13.1 Å².